The van der Waals surface area contributed by atoms with E-state index in [-0.39, 0.29) is 36.1 Å². The first-order valence-electron chi connectivity index (χ1n) is 30.2. The number of rotatable bonds is 48. The van der Waals surface area contributed by atoms with Crippen LogP contribution in [0.5, 0.6) is 0 Å². The van der Waals surface area contributed by atoms with Crippen LogP contribution < -0.4 is 0 Å². The highest BCUT2D eigenvalue weighted by Crippen LogP contribution is 2.28. The number of hydrogen-bond acceptors (Lipinski definition) is 10. The minimum Gasteiger partial charge on any atom is -0.465 e. The second-order valence-electron chi connectivity index (χ2n) is 22.4. The minimum absolute atomic E-state index is 0.0434. The van der Waals surface area contributed by atoms with E-state index in [1.807, 2.05) is 13.8 Å². The average molecular weight is 990 g/mol. The first kappa shape index (κ1) is 63.9. The summed E-state index contributed by atoms with van der Waals surface area (Å²) in [5, 5.41) is 0. The molecule has 2 fully saturated rings. The topological polar surface area (TPSA) is 112 Å². The standard InChI is InChI=1S/C60H112N2O8/c1-7-11-15-17-20-28-39-53(40-29-21-18-16-12-8-2)69-56(63)41-30-22-19-25-33-48-67-58(65)55-50-54(70-57(64)42-47-61-44-35-45-61)51-62(55)46-32-24-23-31-43-60(5,6)59(66)68-49-34-38-52(36-26-13-9-3)37-27-14-10-4/h52-55H,7-51H2,1-6H3. The van der Waals surface area contributed by atoms with Crippen molar-refractivity contribution in [1.82, 2.24) is 9.80 Å². The quantitative estimate of drug-likeness (QED) is 0.0332. The monoisotopic (exact) mass is 989 g/mol. The zero-order valence-corrected chi connectivity index (χ0v) is 46.8. The fraction of sp³-hybridized carbons (Fsp3) is 0.933. The van der Waals surface area contributed by atoms with Gasteiger partial charge in [0.1, 0.15) is 18.2 Å². The number of carbonyl (C=O) groups excluding carboxylic acids is 4. The van der Waals surface area contributed by atoms with Crippen LogP contribution in [0, 0.1) is 11.3 Å². The molecular formula is C60H112N2O8. The van der Waals surface area contributed by atoms with Crippen molar-refractivity contribution in [2.24, 2.45) is 11.3 Å². The van der Waals surface area contributed by atoms with Crippen molar-refractivity contribution in [1.29, 1.82) is 0 Å². The lowest BCUT2D eigenvalue weighted by molar-refractivity contribution is -0.154. The van der Waals surface area contributed by atoms with E-state index in [1.165, 1.54) is 122 Å². The Morgan fingerprint density at radius 3 is 1.66 bits per heavy atom. The van der Waals surface area contributed by atoms with E-state index in [0.717, 1.165) is 135 Å². The first-order chi connectivity index (χ1) is 34.0. The lowest BCUT2D eigenvalue weighted by atomic mass is 9.87. The molecule has 2 aliphatic heterocycles. The fourth-order valence-electron chi connectivity index (χ4n) is 10.4. The second-order valence-corrected chi connectivity index (χ2v) is 22.4. The van der Waals surface area contributed by atoms with Crippen LogP contribution >= 0.6 is 0 Å². The summed E-state index contributed by atoms with van der Waals surface area (Å²) in [6.07, 6.45) is 41.0. The summed E-state index contributed by atoms with van der Waals surface area (Å²) in [7, 11) is 0. The third-order valence-corrected chi connectivity index (χ3v) is 15.3. The van der Waals surface area contributed by atoms with E-state index in [1.54, 1.807) is 0 Å². The lowest BCUT2D eigenvalue weighted by Crippen LogP contribution is -2.39. The van der Waals surface area contributed by atoms with E-state index in [9.17, 15) is 19.2 Å². The summed E-state index contributed by atoms with van der Waals surface area (Å²) in [6.45, 7) is 18.1. The van der Waals surface area contributed by atoms with Crippen LogP contribution in [0.1, 0.15) is 286 Å². The summed E-state index contributed by atoms with van der Waals surface area (Å²) in [5.74, 6) is 0.222. The third-order valence-electron chi connectivity index (χ3n) is 15.3. The molecule has 0 radical (unpaired) electrons. The van der Waals surface area contributed by atoms with E-state index < -0.39 is 11.5 Å². The van der Waals surface area contributed by atoms with Gasteiger partial charge in [-0.05, 0) is 110 Å². The van der Waals surface area contributed by atoms with Crippen LogP contribution in [0.3, 0.4) is 0 Å². The van der Waals surface area contributed by atoms with Crippen molar-refractivity contribution in [3.63, 3.8) is 0 Å². The lowest BCUT2D eigenvalue weighted by Gasteiger charge is -2.30. The number of hydrogen-bond donors (Lipinski definition) is 0. The van der Waals surface area contributed by atoms with Crippen molar-refractivity contribution in [2.45, 2.75) is 304 Å². The van der Waals surface area contributed by atoms with Gasteiger partial charge in [0.15, 0.2) is 0 Å². The summed E-state index contributed by atoms with van der Waals surface area (Å²) in [5.41, 5.74) is -0.505. The molecule has 410 valence electrons. The molecule has 0 N–H and O–H groups in total. The van der Waals surface area contributed by atoms with Gasteiger partial charge in [-0.1, -0.05) is 182 Å². The molecule has 0 aromatic heterocycles. The molecule has 10 heteroatoms. The minimum atomic E-state index is -0.505. The number of ether oxygens (including phenoxy) is 4. The molecular weight excluding hydrogens is 877 g/mol. The molecule has 0 aromatic carbocycles. The Labute approximate surface area is 431 Å². The van der Waals surface area contributed by atoms with Crippen molar-refractivity contribution < 1.29 is 38.1 Å². The smallest absolute Gasteiger partial charge is 0.323 e. The molecule has 0 spiro atoms. The fourth-order valence-corrected chi connectivity index (χ4v) is 10.4. The molecule has 2 heterocycles. The van der Waals surface area contributed by atoms with Crippen molar-refractivity contribution in [3.05, 3.63) is 0 Å². The molecule has 2 rings (SSSR count). The van der Waals surface area contributed by atoms with E-state index in [4.69, 9.17) is 18.9 Å². The Balaban J connectivity index is 1.72. The maximum atomic E-state index is 13.5. The number of unbranched alkanes of at least 4 members (excludes halogenated alkanes) is 21. The Morgan fingerprint density at radius 2 is 1.04 bits per heavy atom. The molecule has 0 saturated carbocycles. The molecule has 0 aliphatic carbocycles. The molecule has 0 amide bonds. The Morgan fingerprint density at radius 1 is 0.529 bits per heavy atom. The van der Waals surface area contributed by atoms with Crippen LogP contribution in [-0.4, -0.2) is 97.9 Å². The molecule has 0 aromatic rings. The SMILES string of the molecule is CCCCCCCCC(CCCCCCCC)OC(=O)CCCCCCCOC(=O)C1CC(OC(=O)CCN2CCC2)CN1CCCCCCC(C)(C)C(=O)OCCCC(CCCCC)CCCCC. The van der Waals surface area contributed by atoms with Crippen molar-refractivity contribution in [2.75, 3.05) is 45.9 Å². The Hall–Kier alpha value is -2.20. The zero-order valence-electron chi connectivity index (χ0n) is 46.8. The van der Waals surface area contributed by atoms with Gasteiger partial charge in [-0.3, -0.25) is 24.1 Å². The predicted octanol–water partition coefficient (Wildman–Crippen LogP) is 15.4. The molecule has 2 aliphatic rings. The van der Waals surface area contributed by atoms with Gasteiger partial charge in [-0.15, -0.1) is 0 Å². The van der Waals surface area contributed by atoms with Crippen molar-refractivity contribution >= 4 is 23.9 Å². The summed E-state index contributed by atoms with van der Waals surface area (Å²) >= 11 is 0. The molecule has 0 bridgehead atoms. The van der Waals surface area contributed by atoms with Crippen LogP contribution in [0.25, 0.3) is 0 Å². The normalized spacial score (nSPS) is 16.5. The van der Waals surface area contributed by atoms with Gasteiger partial charge in [0.25, 0.3) is 0 Å². The molecule has 2 atom stereocenters. The number of likely N-dealkylation sites (tertiary alicyclic amines) is 2. The third kappa shape index (κ3) is 32.1. The first-order valence-corrected chi connectivity index (χ1v) is 30.2. The van der Waals surface area contributed by atoms with Crippen LogP contribution in [0.2, 0.25) is 0 Å². The second kappa shape index (κ2) is 42.2. The molecule has 10 nitrogen and oxygen atoms in total. The highest BCUT2D eigenvalue weighted by molar-refractivity contribution is 5.77. The van der Waals surface area contributed by atoms with Gasteiger partial charge in [-0.25, -0.2) is 0 Å². The van der Waals surface area contributed by atoms with Gasteiger partial charge in [0.05, 0.1) is 25.0 Å². The maximum Gasteiger partial charge on any atom is 0.323 e. The number of carbonyl (C=O) groups is 4. The highest BCUT2D eigenvalue weighted by Gasteiger charge is 2.39. The van der Waals surface area contributed by atoms with Crippen LogP contribution in [0.15, 0.2) is 0 Å². The van der Waals surface area contributed by atoms with Gasteiger partial charge in [-0.2, -0.15) is 0 Å². The van der Waals surface area contributed by atoms with Gasteiger partial charge < -0.3 is 23.8 Å². The van der Waals surface area contributed by atoms with E-state index in [2.05, 4.69) is 37.5 Å². The van der Waals surface area contributed by atoms with Crippen LogP contribution in [0.4, 0.5) is 0 Å². The summed E-state index contributed by atoms with van der Waals surface area (Å²) in [6, 6.07) is -0.415. The largest absolute Gasteiger partial charge is 0.465 e. The number of nitrogens with zero attached hydrogens (tertiary/aromatic N) is 2. The van der Waals surface area contributed by atoms with E-state index >= 15 is 0 Å². The Bertz CT molecular complexity index is 1280. The summed E-state index contributed by atoms with van der Waals surface area (Å²) in [4.78, 5) is 56.7. The van der Waals surface area contributed by atoms with Gasteiger partial charge >= 0.3 is 23.9 Å². The predicted molar refractivity (Wildman–Crippen MR) is 289 cm³/mol. The highest BCUT2D eigenvalue weighted by atomic mass is 16.6. The molecule has 2 unspecified atom stereocenters. The number of esters is 4. The van der Waals surface area contributed by atoms with E-state index in [0.29, 0.717) is 39.0 Å². The molecule has 70 heavy (non-hydrogen) atoms. The average Bonchev–Trinajstić information content (AvgIpc) is 3.73. The maximum absolute atomic E-state index is 13.5. The Kier molecular flexibility index (Phi) is 38.5. The summed E-state index contributed by atoms with van der Waals surface area (Å²) < 4.78 is 23.7. The van der Waals surface area contributed by atoms with Gasteiger partial charge in [0.2, 0.25) is 0 Å². The van der Waals surface area contributed by atoms with Gasteiger partial charge in [0, 0.05) is 25.9 Å². The zero-order chi connectivity index (χ0) is 50.9. The van der Waals surface area contributed by atoms with Crippen molar-refractivity contribution in [3.8, 4) is 0 Å². The molecule has 2 saturated heterocycles. The van der Waals surface area contributed by atoms with Crippen LogP contribution in [-0.2, 0) is 38.1 Å².